The van der Waals surface area contributed by atoms with Gasteiger partial charge in [0, 0.05) is 6.54 Å². The minimum absolute atomic E-state index is 0.148. The topological polar surface area (TPSA) is 73.6 Å². The molecule has 1 N–H and O–H groups in total. The molecule has 0 aliphatic carbocycles. The van der Waals surface area contributed by atoms with Crippen molar-refractivity contribution in [3.8, 4) is 6.07 Å². The second-order valence-corrected chi connectivity index (χ2v) is 3.92. The quantitative estimate of drug-likeness (QED) is 0.847. The Balaban J connectivity index is 2.26. The first kappa shape index (κ1) is 12.3. The first-order valence-corrected chi connectivity index (χ1v) is 5.41. The number of nitrogens with zero attached hydrogens (tertiary/aromatic N) is 2. The average molecular weight is 250 g/mol. The number of morpholine rings is 1. The Labute approximate surface area is 103 Å². The summed E-state index contributed by atoms with van der Waals surface area (Å²) in [7, 11) is 0. The third-order valence-corrected chi connectivity index (χ3v) is 2.76. The minimum atomic E-state index is -1.04. The summed E-state index contributed by atoms with van der Waals surface area (Å²) in [5.74, 6) is -1.53. The number of rotatable bonds is 2. The molecule has 1 aliphatic heterocycles. The van der Waals surface area contributed by atoms with E-state index in [2.05, 4.69) is 0 Å². The molecule has 0 radical (unpaired) electrons. The summed E-state index contributed by atoms with van der Waals surface area (Å²) in [5.41, 5.74) is 0.731. The molecule has 2 rings (SSSR count). The van der Waals surface area contributed by atoms with Crippen molar-refractivity contribution in [1.29, 1.82) is 5.26 Å². The Hall–Kier alpha value is -2.13. The van der Waals surface area contributed by atoms with Crippen LogP contribution in [-0.4, -0.2) is 36.9 Å². The Morgan fingerprint density at radius 3 is 3.06 bits per heavy atom. The zero-order valence-corrected chi connectivity index (χ0v) is 9.47. The number of ether oxygens (including phenoxy) is 1. The van der Waals surface area contributed by atoms with E-state index in [1.54, 1.807) is 4.90 Å². The number of nitriles is 1. The maximum atomic E-state index is 13.0. The van der Waals surface area contributed by atoms with E-state index in [-0.39, 0.29) is 18.7 Å². The van der Waals surface area contributed by atoms with Gasteiger partial charge < -0.3 is 14.7 Å². The fraction of sp³-hybridized carbons (Fsp3) is 0.333. The highest BCUT2D eigenvalue weighted by Crippen LogP contribution is 2.23. The Morgan fingerprint density at radius 2 is 2.39 bits per heavy atom. The number of anilines is 1. The van der Waals surface area contributed by atoms with Gasteiger partial charge in [0.25, 0.3) is 0 Å². The van der Waals surface area contributed by atoms with Gasteiger partial charge in [-0.05, 0) is 18.2 Å². The molecule has 6 heteroatoms. The molecule has 1 atom stereocenters. The summed E-state index contributed by atoms with van der Waals surface area (Å²) >= 11 is 0. The van der Waals surface area contributed by atoms with Gasteiger partial charge in [-0.15, -0.1) is 0 Å². The van der Waals surface area contributed by atoms with E-state index in [4.69, 9.17) is 15.1 Å². The molecule has 1 fully saturated rings. The molecule has 0 saturated carbocycles. The molecule has 1 saturated heterocycles. The number of carboxylic acid groups (broad SMARTS) is 1. The summed E-state index contributed by atoms with van der Waals surface area (Å²) in [6, 6.07) is 5.78. The Bertz CT molecular complexity index is 513. The van der Waals surface area contributed by atoms with Crippen molar-refractivity contribution in [1.82, 2.24) is 0 Å². The van der Waals surface area contributed by atoms with Gasteiger partial charge in [-0.25, -0.2) is 9.18 Å². The average Bonchev–Trinajstić information content (AvgIpc) is 2.38. The Kier molecular flexibility index (Phi) is 3.44. The summed E-state index contributed by atoms with van der Waals surface area (Å²) in [6.45, 7) is 0.888. The van der Waals surface area contributed by atoms with Gasteiger partial charge in [-0.2, -0.15) is 5.26 Å². The predicted molar refractivity (Wildman–Crippen MR) is 60.7 cm³/mol. The number of carbonyl (C=O) groups is 1. The van der Waals surface area contributed by atoms with E-state index in [9.17, 15) is 9.18 Å². The number of hydrogen-bond donors (Lipinski definition) is 1. The van der Waals surface area contributed by atoms with Crippen molar-refractivity contribution in [2.24, 2.45) is 0 Å². The zero-order valence-electron chi connectivity index (χ0n) is 9.47. The van der Waals surface area contributed by atoms with Gasteiger partial charge in [-0.1, -0.05) is 0 Å². The van der Waals surface area contributed by atoms with Crippen molar-refractivity contribution >= 4 is 11.7 Å². The smallest absolute Gasteiger partial charge is 0.334 e. The van der Waals surface area contributed by atoms with Gasteiger partial charge in [0.15, 0.2) is 6.10 Å². The van der Waals surface area contributed by atoms with Crippen molar-refractivity contribution in [3.63, 3.8) is 0 Å². The van der Waals surface area contributed by atoms with Crippen LogP contribution in [-0.2, 0) is 9.53 Å². The molecule has 0 spiro atoms. The van der Waals surface area contributed by atoms with Gasteiger partial charge >= 0.3 is 5.97 Å². The third kappa shape index (κ3) is 2.41. The molecule has 1 aromatic rings. The lowest BCUT2D eigenvalue weighted by molar-refractivity contribution is -0.150. The number of aliphatic carboxylic acids is 1. The standard InChI is InChI=1S/C12H11FN2O3/c13-9-1-2-10(8(5-9)6-14)15-3-4-18-11(7-15)12(16)17/h1-2,5,11H,3-4,7H2,(H,16,17). The van der Waals surface area contributed by atoms with Crippen LogP contribution >= 0.6 is 0 Å². The normalized spacial score (nSPS) is 19.3. The van der Waals surface area contributed by atoms with Crippen molar-refractivity contribution < 1.29 is 19.0 Å². The number of halogens is 1. The lowest BCUT2D eigenvalue weighted by Crippen LogP contribution is -2.46. The van der Waals surface area contributed by atoms with Crippen LogP contribution in [0.1, 0.15) is 5.56 Å². The predicted octanol–water partition coefficient (Wildman–Crippen LogP) is 0.987. The highest BCUT2D eigenvalue weighted by molar-refractivity contribution is 5.74. The first-order valence-electron chi connectivity index (χ1n) is 5.41. The first-order chi connectivity index (χ1) is 8.61. The van der Waals surface area contributed by atoms with Crippen molar-refractivity contribution in [2.45, 2.75) is 6.10 Å². The molecule has 18 heavy (non-hydrogen) atoms. The van der Waals surface area contributed by atoms with Crippen LogP contribution in [0.15, 0.2) is 18.2 Å². The molecule has 94 valence electrons. The molecule has 1 heterocycles. The van der Waals surface area contributed by atoms with Crippen LogP contribution in [0.2, 0.25) is 0 Å². The monoisotopic (exact) mass is 250 g/mol. The molecular formula is C12H11FN2O3. The van der Waals surface area contributed by atoms with Crippen LogP contribution in [0.5, 0.6) is 0 Å². The number of benzene rings is 1. The highest BCUT2D eigenvalue weighted by atomic mass is 19.1. The van der Waals surface area contributed by atoms with E-state index in [0.717, 1.165) is 6.07 Å². The molecule has 1 unspecified atom stereocenters. The van der Waals surface area contributed by atoms with Gasteiger partial charge in [0.05, 0.1) is 24.4 Å². The van der Waals surface area contributed by atoms with Gasteiger partial charge in [0.1, 0.15) is 11.9 Å². The van der Waals surface area contributed by atoms with E-state index >= 15 is 0 Å². The number of hydrogen-bond acceptors (Lipinski definition) is 4. The SMILES string of the molecule is N#Cc1cc(F)ccc1N1CCOC(C(=O)O)C1. The maximum Gasteiger partial charge on any atom is 0.334 e. The molecule has 0 amide bonds. The van der Waals surface area contributed by atoms with E-state index < -0.39 is 17.9 Å². The largest absolute Gasteiger partial charge is 0.479 e. The molecule has 1 aromatic carbocycles. The van der Waals surface area contributed by atoms with Crippen molar-refractivity contribution in [3.05, 3.63) is 29.6 Å². The van der Waals surface area contributed by atoms with Crippen LogP contribution < -0.4 is 4.90 Å². The lowest BCUT2D eigenvalue weighted by Gasteiger charge is -2.33. The summed E-state index contributed by atoms with van der Waals surface area (Å²) in [5, 5.41) is 17.9. The molecule has 5 nitrogen and oxygen atoms in total. The summed E-state index contributed by atoms with van der Waals surface area (Å²) < 4.78 is 18.1. The second kappa shape index (κ2) is 5.02. The van der Waals surface area contributed by atoms with Gasteiger partial charge in [-0.3, -0.25) is 0 Å². The van der Waals surface area contributed by atoms with Crippen molar-refractivity contribution in [2.75, 3.05) is 24.6 Å². The second-order valence-electron chi connectivity index (χ2n) is 3.92. The fourth-order valence-corrected chi connectivity index (χ4v) is 1.89. The van der Waals surface area contributed by atoms with E-state index in [1.165, 1.54) is 12.1 Å². The van der Waals surface area contributed by atoms with E-state index in [1.807, 2.05) is 6.07 Å². The molecular weight excluding hydrogens is 239 g/mol. The van der Waals surface area contributed by atoms with Crippen LogP contribution in [0.25, 0.3) is 0 Å². The molecule has 1 aliphatic rings. The lowest BCUT2D eigenvalue weighted by atomic mass is 10.1. The Morgan fingerprint density at radius 1 is 1.61 bits per heavy atom. The number of carboxylic acids is 1. The zero-order chi connectivity index (χ0) is 13.1. The highest BCUT2D eigenvalue weighted by Gasteiger charge is 2.27. The molecule has 0 bridgehead atoms. The maximum absolute atomic E-state index is 13.0. The molecule has 0 aromatic heterocycles. The van der Waals surface area contributed by atoms with Crippen LogP contribution in [0.4, 0.5) is 10.1 Å². The van der Waals surface area contributed by atoms with Gasteiger partial charge in [0.2, 0.25) is 0 Å². The summed E-state index contributed by atoms with van der Waals surface area (Å²) in [4.78, 5) is 12.6. The fourth-order valence-electron chi connectivity index (χ4n) is 1.89. The van der Waals surface area contributed by atoms with E-state index in [0.29, 0.717) is 12.2 Å². The minimum Gasteiger partial charge on any atom is -0.479 e. The summed E-state index contributed by atoms with van der Waals surface area (Å²) in [6.07, 6.45) is -0.921. The van der Waals surface area contributed by atoms with Crippen LogP contribution in [0, 0.1) is 17.1 Å². The third-order valence-electron chi connectivity index (χ3n) is 2.76. The van der Waals surface area contributed by atoms with Crippen LogP contribution in [0.3, 0.4) is 0 Å².